The summed E-state index contributed by atoms with van der Waals surface area (Å²) in [5.74, 6) is 0.301. The summed E-state index contributed by atoms with van der Waals surface area (Å²) < 4.78 is 0. The Balaban J connectivity index is 1.73. The minimum Gasteiger partial charge on any atom is -0.342 e. The Kier molecular flexibility index (Phi) is 7.36. The number of hydrogen-bond acceptors (Lipinski definition) is 4. The van der Waals surface area contributed by atoms with Crippen LogP contribution in [0.3, 0.4) is 0 Å². The first-order chi connectivity index (χ1) is 10.7. The molecule has 0 aliphatic carbocycles. The van der Waals surface area contributed by atoms with Crippen LogP contribution in [0.25, 0.3) is 0 Å². The molecule has 0 saturated carbocycles. The van der Waals surface area contributed by atoms with Crippen molar-refractivity contribution in [3.05, 3.63) is 22.4 Å². The Bertz CT molecular complexity index is 421. The second-order valence-corrected chi connectivity index (χ2v) is 7.04. The van der Waals surface area contributed by atoms with Crippen LogP contribution in [0, 0.1) is 0 Å². The van der Waals surface area contributed by atoms with Gasteiger partial charge in [-0.3, -0.25) is 14.6 Å². The number of rotatable bonds is 8. The van der Waals surface area contributed by atoms with E-state index in [4.69, 9.17) is 0 Å². The lowest BCUT2D eigenvalue weighted by Crippen LogP contribution is -2.49. The van der Waals surface area contributed by atoms with Crippen LogP contribution in [0.1, 0.15) is 31.6 Å². The van der Waals surface area contributed by atoms with E-state index in [0.29, 0.717) is 12.5 Å². The Morgan fingerprint density at radius 2 is 1.77 bits per heavy atom. The quantitative estimate of drug-likeness (QED) is 0.735. The zero-order valence-electron chi connectivity index (χ0n) is 14.0. The molecule has 5 heteroatoms. The number of hydrogen-bond donors (Lipinski definition) is 0. The highest BCUT2D eigenvalue weighted by Crippen LogP contribution is 2.13. The van der Waals surface area contributed by atoms with Crippen molar-refractivity contribution in [2.45, 2.75) is 33.2 Å². The van der Waals surface area contributed by atoms with Gasteiger partial charge in [-0.1, -0.05) is 19.9 Å². The summed E-state index contributed by atoms with van der Waals surface area (Å²) in [6, 6.07) is 4.32. The molecule has 22 heavy (non-hydrogen) atoms. The number of carbonyl (C=O) groups excluding carboxylic acids is 1. The van der Waals surface area contributed by atoms with Crippen molar-refractivity contribution in [1.29, 1.82) is 0 Å². The molecule has 1 amide bonds. The zero-order chi connectivity index (χ0) is 15.8. The highest BCUT2D eigenvalue weighted by atomic mass is 32.1. The van der Waals surface area contributed by atoms with Gasteiger partial charge in [0, 0.05) is 50.7 Å². The van der Waals surface area contributed by atoms with Crippen LogP contribution in [0.5, 0.6) is 0 Å². The summed E-state index contributed by atoms with van der Waals surface area (Å²) in [5.41, 5.74) is 0. The van der Waals surface area contributed by atoms with Crippen molar-refractivity contribution in [2.24, 2.45) is 0 Å². The fourth-order valence-corrected chi connectivity index (χ4v) is 3.67. The van der Waals surface area contributed by atoms with Gasteiger partial charge in [-0.05, 0) is 24.3 Å². The first-order valence-electron chi connectivity index (χ1n) is 8.47. The van der Waals surface area contributed by atoms with Gasteiger partial charge in [0.05, 0.1) is 6.54 Å². The molecule has 1 aliphatic heterocycles. The van der Waals surface area contributed by atoms with Gasteiger partial charge < -0.3 is 4.90 Å². The van der Waals surface area contributed by atoms with Crippen LogP contribution in [0.15, 0.2) is 17.5 Å². The molecule has 0 atom stereocenters. The minimum absolute atomic E-state index is 0.301. The van der Waals surface area contributed by atoms with Gasteiger partial charge in [0.25, 0.3) is 0 Å². The highest BCUT2D eigenvalue weighted by molar-refractivity contribution is 7.09. The molecule has 0 radical (unpaired) electrons. The van der Waals surface area contributed by atoms with Crippen LogP contribution < -0.4 is 0 Å². The lowest BCUT2D eigenvalue weighted by molar-refractivity contribution is -0.133. The fraction of sp³-hybridized carbons (Fsp3) is 0.706. The average Bonchev–Trinajstić information content (AvgIpc) is 3.02. The Morgan fingerprint density at radius 1 is 1.14 bits per heavy atom. The third kappa shape index (κ3) is 5.38. The maximum absolute atomic E-state index is 12.4. The molecule has 0 unspecified atom stereocenters. The summed E-state index contributed by atoms with van der Waals surface area (Å²) in [7, 11) is 0. The second kappa shape index (κ2) is 9.28. The van der Waals surface area contributed by atoms with E-state index < -0.39 is 0 Å². The van der Waals surface area contributed by atoms with Crippen molar-refractivity contribution in [3.8, 4) is 0 Å². The Hall–Kier alpha value is -0.910. The Morgan fingerprint density at radius 3 is 2.32 bits per heavy atom. The first kappa shape index (κ1) is 17.4. The summed E-state index contributed by atoms with van der Waals surface area (Å²) in [5, 5.41) is 2.14. The molecule has 1 aliphatic rings. The van der Waals surface area contributed by atoms with Crippen LogP contribution in [0.4, 0.5) is 0 Å². The van der Waals surface area contributed by atoms with Gasteiger partial charge in [0.1, 0.15) is 0 Å². The average molecular weight is 324 g/mol. The van der Waals surface area contributed by atoms with Crippen LogP contribution >= 0.6 is 11.3 Å². The van der Waals surface area contributed by atoms with Crippen molar-refractivity contribution in [2.75, 3.05) is 45.8 Å². The number of carbonyl (C=O) groups is 1. The molecule has 1 aromatic rings. The summed E-state index contributed by atoms with van der Waals surface area (Å²) in [6.45, 7) is 11.8. The molecule has 2 rings (SSSR count). The third-order valence-electron chi connectivity index (χ3n) is 4.12. The molecular weight excluding hydrogens is 294 g/mol. The van der Waals surface area contributed by atoms with E-state index in [2.05, 4.69) is 41.2 Å². The molecule has 124 valence electrons. The normalized spacial score (nSPS) is 16.8. The Labute approximate surface area is 138 Å². The zero-order valence-corrected chi connectivity index (χ0v) is 14.8. The van der Waals surface area contributed by atoms with Gasteiger partial charge in [-0.2, -0.15) is 0 Å². The monoisotopic (exact) mass is 323 g/mol. The van der Waals surface area contributed by atoms with Crippen LogP contribution in [-0.4, -0.2) is 66.4 Å². The summed E-state index contributed by atoms with van der Waals surface area (Å²) >= 11 is 1.83. The van der Waals surface area contributed by atoms with E-state index in [9.17, 15) is 4.79 Å². The molecule has 0 spiro atoms. The van der Waals surface area contributed by atoms with Gasteiger partial charge in [-0.15, -0.1) is 11.3 Å². The molecule has 4 nitrogen and oxygen atoms in total. The van der Waals surface area contributed by atoms with Crippen molar-refractivity contribution >= 4 is 17.2 Å². The molecule has 2 heterocycles. The lowest BCUT2D eigenvalue weighted by Gasteiger charge is -2.35. The molecular formula is C17H29N3OS. The molecule has 1 aromatic heterocycles. The third-order valence-corrected chi connectivity index (χ3v) is 4.98. The smallest absolute Gasteiger partial charge is 0.236 e. The van der Waals surface area contributed by atoms with Crippen molar-refractivity contribution in [3.63, 3.8) is 0 Å². The van der Waals surface area contributed by atoms with Crippen molar-refractivity contribution < 1.29 is 4.79 Å². The van der Waals surface area contributed by atoms with E-state index in [0.717, 1.165) is 58.7 Å². The number of piperazine rings is 1. The van der Waals surface area contributed by atoms with Crippen molar-refractivity contribution in [1.82, 2.24) is 14.7 Å². The van der Waals surface area contributed by atoms with Crippen LogP contribution in [0.2, 0.25) is 0 Å². The fourth-order valence-electron chi connectivity index (χ4n) is 2.92. The molecule has 0 bridgehead atoms. The summed E-state index contributed by atoms with van der Waals surface area (Å²) in [6.07, 6.45) is 2.08. The molecule has 1 fully saturated rings. The van der Waals surface area contributed by atoms with Gasteiger partial charge in [-0.25, -0.2) is 0 Å². The van der Waals surface area contributed by atoms with E-state index in [1.165, 1.54) is 4.88 Å². The topological polar surface area (TPSA) is 26.8 Å². The lowest BCUT2D eigenvalue weighted by atomic mass is 10.2. The number of thiophene rings is 1. The highest BCUT2D eigenvalue weighted by Gasteiger charge is 2.21. The SMILES string of the molecule is CCCN(CCC)C(=O)CN1CCN(Cc2cccs2)CC1. The largest absolute Gasteiger partial charge is 0.342 e. The first-order valence-corrected chi connectivity index (χ1v) is 9.35. The molecule has 1 saturated heterocycles. The standard InChI is InChI=1S/C17H29N3OS/c1-3-7-20(8-4-2)17(21)15-19-11-9-18(10-12-19)14-16-6-5-13-22-16/h5-6,13H,3-4,7-12,14-15H2,1-2H3. The van der Waals surface area contributed by atoms with Gasteiger partial charge in [0.15, 0.2) is 0 Å². The van der Waals surface area contributed by atoms with E-state index >= 15 is 0 Å². The summed E-state index contributed by atoms with van der Waals surface area (Å²) in [4.78, 5) is 20.7. The van der Waals surface area contributed by atoms with E-state index in [-0.39, 0.29) is 0 Å². The predicted molar refractivity (Wildman–Crippen MR) is 93.2 cm³/mol. The van der Waals surface area contributed by atoms with E-state index in [1.54, 1.807) is 0 Å². The molecule has 0 aromatic carbocycles. The number of nitrogens with zero attached hydrogens (tertiary/aromatic N) is 3. The number of amides is 1. The maximum Gasteiger partial charge on any atom is 0.236 e. The second-order valence-electron chi connectivity index (χ2n) is 6.01. The maximum atomic E-state index is 12.4. The van der Waals surface area contributed by atoms with Gasteiger partial charge in [0.2, 0.25) is 5.91 Å². The molecule has 0 N–H and O–H groups in total. The van der Waals surface area contributed by atoms with Gasteiger partial charge >= 0.3 is 0 Å². The minimum atomic E-state index is 0.301. The van der Waals surface area contributed by atoms with Crippen LogP contribution in [-0.2, 0) is 11.3 Å². The van der Waals surface area contributed by atoms with E-state index in [1.807, 2.05) is 16.2 Å². The predicted octanol–water partition coefficient (Wildman–Crippen LogP) is 2.51.